The van der Waals surface area contributed by atoms with Gasteiger partial charge in [-0.2, -0.15) is 0 Å². The number of ether oxygens (including phenoxy) is 1. The van der Waals surface area contributed by atoms with Crippen molar-refractivity contribution in [2.75, 3.05) is 0 Å². The summed E-state index contributed by atoms with van der Waals surface area (Å²) in [7, 11) is 0. The number of aromatic nitrogens is 1. The third-order valence-electron chi connectivity index (χ3n) is 4.99. The summed E-state index contributed by atoms with van der Waals surface area (Å²) >= 11 is 6.07. The molecule has 4 rings (SSSR count). The number of hydrogen-bond donors (Lipinski definition) is 1. The van der Waals surface area contributed by atoms with Gasteiger partial charge in [0.05, 0.1) is 17.3 Å². The fourth-order valence-electron chi connectivity index (χ4n) is 3.76. The molecule has 4 nitrogen and oxygen atoms in total. The average molecular weight is 394 g/mol. The number of benzene rings is 2. The van der Waals surface area contributed by atoms with Gasteiger partial charge in [0, 0.05) is 23.3 Å². The summed E-state index contributed by atoms with van der Waals surface area (Å²) < 4.78 is 6.01. The summed E-state index contributed by atoms with van der Waals surface area (Å²) in [6.45, 7) is 3.85. The zero-order valence-corrected chi connectivity index (χ0v) is 16.5. The van der Waals surface area contributed by atoms with Crippen molar-refractivity contribution in [2.45, 2.75) is 33.1 Å². The lowest BCUT2D eigenvalue weighted by Gasteiger charge is -2.20. The number of aliphatic hydroxyl groups is 1. The zero-order valence-electron chi connectivity index (χ0n) is 15.8. The molecule has 1 aliphatic carbocycles. The maximum Gasteiger partial charge on any atom is 0.166 e. The van der Waals surface area contributed by atoms with E-state index in [9.17, 15) is 9.90 Å². The number of aryl methyl sites for hydroxylation is 2. The molecule has 0 amide bonds. The summed E-state index contributed by atoms with van der Waals surface area (Å²) in [5.74, 6) is 1.45. The molecule has 0 fully saturated rings. The highest BCUT2D eigenvalue weighted by Crippen LogP contribution is 2.35. The Hall–Kier alpha value is -2.85. The summed E-state index contributed by atoms with van der Waals surface area (Å²) in [5, 5.41) is 11.8. The topological polar surface area (TPSA) is 59.4 Å². The number of nitrogens with zero attached hydrogens (tertiary/aromatic N) is 1. The number of aliphatic hydroxyl groups excluding tert-OH is 1. The minimum Gasteiger partial charge on any atom is -0.512 e. The monoisotopic (exact) mass is 393 g/mol. The van der Waals surface area contributed by atoms with E-state index in [4.69, 9.17) is 16.3 Å². The van der Waals surface area contributed by atoms with Crippen LogP contribution in [0.15, 0.2) is 48.4 Å². The van der Waals surface area contributed by atoms with Gasteiger partial charge in [0.25, 0.3) is 0 Å². The largest absolute Gasteiger partial charge is 0.512 e. The smallest absolute Gasteiger partial charge is 0.166 e. The Labute approximate surface area is 168 Å². The van der Waals surface area contributed by atoms with Crippen LogP contribution < -0.4 is 4.74 Å². The van der Waals surface area contributed by atoms with Gasteiger partial charge in [-0.3, -0.25) is 9.78 Å². The number of Topliss-reactive ketones (excluding diaryl/α,β-unsaturated/α-hetero) is 1. The first-order valence-corrected chi connectivity index (χ1v) is 9.60. The van der Waals surface area contributed by atoms with Gasteiger partial charge in [-0.25, -0.2) is 0 Å². The fraction of sp³-hybridized carbons (Fsp3) is 0.217. The van der Waals surface area contributed by atoms with Crippen LogP contribution in [0.5, 0.6) is 11.5 Å². The lowest BCUT2D eigenvalue weighted by atomic mass is 9.86. The quantitative estimate of drug-likeness (QED) is 0.565. The molecule has 0 unspecified atom stereocenters. The Morgan fingerprint density at radius 2 is 1.79 bits per heavy atom. The molecule has 5 heteroatoms. The first-order chi connectivity index (χ1) is 13.4. The molecule has 28 heavy (non-hydrogen) atoms. The van der Waals surface area contributed by atoms with Gasteiger partial charge in [-0.15, -0.1) is 0 Å². The van der Waals surface area contributed by atoms with E-state index in [1.54, 1.807) is 12.3 Å². The van der Waals surface area contributed by atoms with Crippen molar-refractivity contribution in [2.24, 2.45) is 0 Å². The van der Waals surface area contributed by atoms with Crippen molar-refractivity contribution < 1.29 is 14.6 Å². The van der Waals surface area contributed by atoms with Crippen LogP contribution in [0.1, 0.15) is 36.0 Å². The van der Waals surface area contributed by atoms with Crippen LogP contribution in [0.3, 0.4) is 0 Å². The van der Waals surface area contributed by atoms with Crippen LogP contribution in [0.25, 0.3) is 16.5 Å². The second kappa shape index (κ2) is 7.28. The van der Waals surface area contributed by atoms with E-state index < -0.39 is 0 Å². The molecule has 1 heterocycles. The Bertz CT molecular complexity index is 1110. The molecule has 0 radical (unpaired) electrons. The fourth-order valence-corrected chi connectivity index (χ4v) is 3.94. The maximum atomic E-state index is 12.4. The van der Waals surface area contributed by atoms with Gasteiger partial charge in [-0.1, -0.05) is 11.6 Å². The van der Waals surface area contributed by atoms with Gasteiger partial charge in [0.2, 0.25) is 0 Å². The van der Waals surface area contributed by atoms with E-state index in [1.807, 2.05) is 44.2 Å². The number of halogens is 1. The number of pyridine rings is 1. The molecule has 1 aliphatic rings. The Morgan fingerprint density at radius 3 is 2.50 bits per heavy atom. The Morgan fingerprint density at radius 1 is 1.04 bits per heavy atom. The summed E-state index contributed by atoms with van der Waals surface area (Å²) in [6, 6.07) is 11.2. The second-order valence-corrected chi connectivity index (χ2v) is 7.58. The summed E-state index contributed by atoms with van der Waals surface area (Å²) in [4.78, 5) is 16.8. The van der Waals surface area contributed by atoms with E-state index in [2.05, 4.69) is 4.98 Å². The van der Waals surface area contributed by atoms with Crippen LogP contribution in [0.4, 0.5) is 0 Å². The predicted octanol–water partition coefficient (Wildman–Crippen LogP) is 6.32. The number of carbonyl (C=O) groups excluding carboxylic acids is 1. The highest BCUT2D eigenvalue weighted by atomic mass is 35.5. The third kappa shape index (κ3) is 3.48. The van der Waals surface area contributed by atoms with Crippen LogP contribution in [-0.4, -0.2) is 15.9 Å². The molecule has 0 saturated heterocycles. The normalized spacial score (nSPS) is 14.6. The molecule has 0 saturated carbocycles. The molecule has 0 spiro atoms. The third-order valence-corrected chi connectivity index (χ3v) is 5.23. The van der Waals surface area contributed by atoms with Crippen LogP contribution >= 0.6 is 11.6 Å². The van der Waals surface area contributed by atoms with Crippen molar-refractivity contribution in [1.29, 1.82) is 0 Å². The van der Waals surface area contributed by atoms with Crippen molar-refractivity contribution >= 4 is 33.9 Å². The molecule has 0 bridgehead atoms. The van der Waals surface area contributed by atoms with Crippen LogP contribution in [-0.2, 0) is 4.79 Å². The van der Waals surface area contributed by atoms with Gasteiger partial charge in [0.15, 0.2) is 5.78 Å². The van der Waals surface area contributed by atoms with E-state index >= 15 is 0 Å². The van der Waals surface area contributed by atoms with E-state index in [-0.39, 0.29) is 11.5 Å². The number of hydrogen-bond acceptors (Lipinski definition) is 4. The highest BCUT2D eigenvalue weighted by molar-refractivity contribution is 6.31. The molecule has 3 aromatic rings. The highest BCUT2D eigenvalue weighted by Gasteiger charge is 2.24. The zero-order chi connectivity index (χ0) is 19.8. The summed E-state index contributed by atoms with van der Waals surface area (Å²) in [6.07, 6.45) is 3.39. The lowest BCUT2D eigenvalue weighted by Crippen LogP contribution is -2.12. The molecule has 0 aliphatic heterocycles. The molecule has 2 aromatic carbocycles. The minimum absolute atomic E-state index is 0.000716. The van der Waals surface area contributed by atoms with Crippen molar-refractivity contribution in [3.05, 3.63) is 70.1 Å². The number of fused-ring (bicyclic) bond motifs is 1. The van der Waals surface area contributed by atoms with Crippen LogP contribution in [0.2, 0.25) is 5.02 Å². The van der Waals surface area contributed by atoms with Gasteiger partial charge >= 0.3 is 0 Å². The van der Waals surface area contributed by atoms with E-state index in [0.717, 1.165) is 27.6 Å². The lowest BCUT2D eigenvalue weighted by molar-refractivity contribution is -0.114. The summed E-state index contributed by atoms with van der Waals surface area (Å²) in [5.41, 5.74) is 3.89. The molecular weight excluding hydrogens is 374 g/mol. The standard InChI is InChI=1S/C23H20ClNO3/c1-13-8-17(9-14(2)22(13)23-20(26)4-3-5-21(23)27)28-18-11-15-10-16(24)6-7-19(15)25-12-18/h6-12,26H,3-5H2,1-2H3. The van der Waals surface area contributed by atoms with Gasteiger partial charge in [-0.05, 0) is 73.4 Å². The number of carbonyl (C=O) groups is 1. The van der Waals surface area contributed by atoms with Gasteiger partial charge in [0.1, 0.15) is 17.3 Å². The Kier molecular flexibility index (Phi) is 4.82. The SMILES string of the molecule is Cc1cc(Oc2cnc3ccc(Cl)cc3c2)cc(C)c1C1=C(O)CCCC1=O. The first-order valence-electron chi connectivity index (χ1n) is 9.22. The molecular formula is C23H20ClNO3. The number of ketones is 1. The predicted molar refractivity (Wildman–Crippen MR) is 111 cm³/mol. The second-order valence-electron chi connectivity index (χ2n) is 7.14. The first kappa shape index (κ1) is 18.5. The minimum atomic E-state index is -0.000716. The molecule has 1 aromatic heterocycles. The van der Waals surface area contributed by atoms with Crippen LogP contribution in [0, 0.1) is 13.8 Å². The number of allylic oxidation sites excluding steroid dienone is 2. The maximum absolute atomic E-state index is 12.4. The molecule has 0 atom stereocenters. The average Bonchev–Trinajstić information content (AvgIpc) is 2.63. The van der Waals surface area contributed by atoms with Crippen molar-refractivity contribution in [3.63, 3.8) is 0 Å². The molecule has 1 N–H and O–H groups in total. The van der Waals surface area contributed by atoms with Crippen molar-refractivity contribution in [1.82, 2.24) is 4.98 Å². The molecule has 142 valence electrons. The van der Waals surface area contributed by atoms with E-state index in [0.29, 0.717) is 41.4 Å². The van der Waals surface area contributed by atoms with E-state index in [1.165, 1.54) is 0 Å². The number of rotatable bonds is 3. The Balaban J connectivity index is 1.70. The van der Waals surface area contributed by atoms with Crippen molar-refractivity contribution in [3.8, 4) is 11.5 Å². The van der Waals surface area contributed by atoms with Gasteiger partial charge < -0.3 is 9.84 Å².